The Morgan fingerprint density at radius 1 is 1.62 bits per heavy atom. The molecule has 9 heteroatoms. The number of halogens is 1. The van der Waals surface area contributed by atoms with Gasteiger partial charge in [0, 0.05) is 23.5 Å². The van der Waals surface area contributed by atoms with Gasteiger partial charge >= 0.3 is 0 Å². The maximum atomic E-state index is 10.5. The molecule has 0 unspecified atom stereocenters. The van der Waals surface area contributed by atoms with Crippen molar-refractivity contribution in [1.29, 1.82) is 0 Å². The van der Waals surface area contributed by atoms with Crippen molar-refractivity contribution < 1.29 is 8.42 Å². The maximum Gasteiger partial charge on any atom is 0.233 e. The standard InChI is InChI=1S/C4H7ClN4O2S2/c1-9-4(6-7-8-9)12-2-3-13(5,10)11/h2-3H2,1H3. The van der Waals surface area contributed by atoms with Crippen LogP contribution in [0.1, 0.15) is 0 Å². The van der Waals surface area contributed by atoms with Crippen molar-refractivity contribution >= 4 is 31.5 Å². The normalized spacial score (nSPS) is 11.8. The summed E-state index contributed by atoms with van der Waals surface area (Å²) in [6, 6.07) is 0. The van der Waals surface area contributed by atoms with Crippen molar-refractivity contribution in [1.82, 2.24) is 20.2 Å². The zero-order chi connectivity index (χ0) is 9.90. The minimum atomic E-state index is -3.42. The van der Waals surface area contributed by atoms with Crippen LogP contribution in [0, 0.1) is 0 Å². The van der Waals surface area contributed by atoms with Crippen molar-refractivity contribution in [3.05, 3.63) is 0 Å². The minimum Gasteiger partial charge on any atom is -0.224 e. The van der Waals surface area contributed by atoms with Crippen LogP contribution in [0.4, 0.5) is 0 Å². The first-order valence-corrected chi connectivity index (χ1v) is 6.73. The fourth-order valence-corrected chi connectivity index (χ4v) is 2.77. The predicted octanol–water partition coefficient (Wildman–Crippen LogP) is -0.129. The van der Waals surface area contributed by atoms with E-state index in [1.807, 2.05) is 0 Å². The summed E-state index contributed by atoms with van der Waals surface area (Å²) in [5.41, 5.74) is 0. The average molecular weight is 243 g/mol. The van der Waals surface area contributed by atoms with Crippen LogP contribution < -0.4 is 0 Å². The van der Waals surface area contributed by atoms with Crippen LogP contribution in [-0.2, 0) is 16.1 Å². The van der Waals surface area contributed by atoms with Crippen molar-refractivity contribution in [2.75, 3.05) is 11.5 Å². The second-order valence-electron chi connectivity index (χ2n) is 2.18. The zero-order valence-electron chi connectivity index (χ0n) is 6.71. The maximum absolute atomic E-state index is 10.5. The van der Waals surface area contributed by atoms with Gasteiger partial charge in [-0.3, -0.25) is 0 Å². The lowest BCUT2D eigenvalue weighted by Gasteiger charge is -1.96. The van der Waals surface area contributed by atoms with E-state index in [4.69, 9.17) is 10.7 Å². The summed E-state index contributed by atoms with van der Waals surface area (Å²) < 4.78 is 22.5. The van der Waals surface area contributed by atoms with Gasteiger partial charge in [0.05, 0.1) is 5.75 Å². The first-order chi connectivity index (χ1) is 5.99. The van der Waals surface area contributed by atoms with E-state index in [0.717, 1.165) is 0 Å². The van der Waals surface area contributed by atoms with Crippen LogP contribution in [0.15, 0.2) is 5.16 Å². The highest BCUT2D eigenvalue weighted by Gasteiger charge is 2.07. The molecule has 1 aromatic heterocycles. The van der Waals surface area contributed by atoms with Gasteiger partial charge in [-0.25, -0.2) is 13.1 Å². The SMILES string of the molecule is Cn1nnnc1SCCS(=O)(=O)Cl. The highest BCUT2D eigenvalue weighted by molar-refractivity contribution is 8.14. The lowest BCUT2D eigenvalue weighted by molar-refractivity contribution is 0.611. The average Bonchev–Trinajstić information content (AvgIpc) is 2.34. The van der Waals surface area contributed by atoms with E-state index in [1.54, 1.807) is 7.05 Å². The number of aryl methyl sites for hydroxylation is 1. The van der Waals surface area contributed by atoms with Gasteiger partial charge in [0.15, 0.2) is 0 Å². The molecule has 0 aliphatic heterocycles. The molecule has 1 heterocycles. The Labute approximate surface area is 84.1 Å². The molecule has 1 aromatic rings. The zero-order valence-corrected chi connectivity index (χ0v) is 9.10. The first kappa shape index (κ1) is 10.7. The van der Waals surface area contributed by atoms with Gasteiger partial charge in [-0.15, -0.1) is 5.10 Å². The number of tetrazole rings is 1. The van der Waals surface area contributed by atoms with Gasteiger partial charge in [-0.1, -0.05) is 11.8 Å². The monoisotopic (exact) mass is 242 g/mol. The van der Waals surface area contributed by atoms with Gasteiger partial charge in [0.1, 0.15) is 0 Å². The van der Waals surface area contributed by atoms with Crippen LogP contribution in [0.25, 0.3) is 0 Å². The molecule has 0 spiro atoms. The molecule has 0 aliphatic carbocycles. The van der Waals surface area contributed by atoms with Gasteiger partial charge < -0.3 is 0 Å². The van der Waals surface area contributed by atoms with Gasteiger partial charge in [-0.2, -0.15) is 0 Å². The Morgan fingerprint density at radius 2 is 2.31 bits per heavy atom. The number of nitrogens with zero attached hydrogens (tertiary/aromatic N) is 4. The van der Waals surface area contributed by atoms with Crippen molar-refractivity contribution in [3.63, 3.8) is 0 Å². The topological polar surface area (TPSA) is 77.7 Å². The second kappa shape index (κ2) is 4.25. The molecular formula is C4H7ClN4O2S2. The third-order valence-electron chi connectivity index (χ3n) is 1.14. The number of hydrogen-bond acceptors (Lipinski definition) is 6. The summed E-state index contributed by atoms with van der Waals surface area (Å²) in [7, 11) is 3.27. The van der Waals surface area contributed by atoms with Crippen molar-refractivity contribution in [2.24, 2.45) is 7.05 Å². The third kappa shape index (κ3) is 3.92. The fourth-order valence-electron chi connectivity index (χ4n) is 0.576. The Balaban J connectivity index is 2.41. The van der Waals surface area contributed by atoms with Crippen LogP contribution in [0.5, 0.6) is 0 Å². The highest BCUT2D eigenvalue weighted by atomic mass is 35.7. The molecular weight excluding hydrogens is 236 g/mol. The molecule has 74 valence electrons. The number of thioether (sulfide) groups is 1. The number of rotatable bonds is 4. The van der Waals surface area contributed by atoms with E-state index in [1.165, 1.54) is 16.4 Å². The van der Waals surface area contributed by atoms with Crippen LogP contribution in [0.2, 0.25) is 0 Å². The lowest BCUT2D eigenvalue weighted by atomic mass is 11.0. The molecule has 13 heavy (non-hydrogen) atoms. The summed E-state index contributed by atoms with van der Waals surface area (Å²) in [6.07, 6.45) is 0. The van der Waals surface area contributed by atoms with Crippen LogP contribution in [-0.4, -0.2) is 40.1 Å². The molecule has 0 bridgehead atoms. The molecule has 6 nitrogen and oxygen atoms in total. The smallest absolute Gasteiger partial charge is 0.224 e. The summed E-state index contributed by atoms with van der Waals surface area (Å²) in [5.74, 6) is 0.256. The molecule has 0 N–H and O–H groups in total. The molecule has 0 amide bonds. The molecule has 1 rings (SSSR count). The molecule has 0 fully saturated rings. The van der Waals surface area contributed by atoms with E-state index >= 15 is 0 Å². The van der Waals surface area contributed by atoms with E-state index in [-0.39, 0.29) is 5.75 Å². The van der Waals surface area contributed by atoms with Gasteiger partial charge in [0.25, 0.3) is 0 Å². The second-order valence-corrected chi connectivity index (χ2v) is 6.14. The predicted molar refractivity (Wildman–Crippen MR) is 49.2 cm³/mol. The lowest BCUT2D eigenvalue weighted by Crippen LogP contribution is -2.01. The van der Waals surface area contributed by atoms with Crippen LogP contribution >= 0.6 is 22.4 Å². The quantitative estimate of drug-likeness (QED) is 0.541. The Hall–Kier alpha value is -0.340. The number of aromatic nitrogens is 4. The molecule has 0 radical (unpaired) electrons. The summed E-state index contributed by atoms with van der Waals surface area (Å²) in [5, 5.41) is 11.2. The Morgan fingerprint density at radius 3 is 2.77 bits per heavy atom. The molecule has 0 saturated heterocycles. The van der Waals surface area contributed by atoms with Gasteiger partial charge in [0.2, 0.25) is 14.2 Å². The van der Waals surface area contributed by atoms with Crippen molar-refractivity contribution in [3.8, 4) is 0 Å². The van der Waals surface area contributed by atoms with Crippen molar-refractivity contribution in [2.45, 2.75) is 5.16 Å². The van der Waals surface area contributed by atoms with E-state index in [9.17, 15) is 8.42 Å². The summed E-state index contributed by atoms with van der Waals surface area (Å²) >= 11 is 1.24. The molecule has 0 aliphatic rings. The minimum absolute atomic E-state index is 0.0912. The van der Waals surface area contributed by atoms with Gasteiger partial charge in [-0.05, 0) is 10.4 Å². The first-order valence-electron chi connectivity index (χ1n) is 3.26. The summed E-state index contributed by atoms with van der Waals surface area (Å²) in [6.45, 7) is 0. The van der Waals surface area contributed by atoms with E-state index in [0.29, 0.717) is 10.9 Å². The largest absolute Gasteiger partial charge is 0.233 e. The van der Waals surface area contributed by atoms with Crippen LogP contribution in [0.3, 0.4) is 0 Å². The molecule has 0 atom stereocenters. The molecule has 0 saturated carbocycles. The fraction of sp³-hybridized carbons (Fsp3) is 0.750. The number of hydrogen-bond donors (Lipinski definition) is 0. The Kier molecular flexibility index (Phi) is 3.51. The molecule has 0 aromatic carbocycles. The highest BCUT2D eigenvalue weighted by Crippen LogP contribution is 2.13. The Bertz CT molecular complexity index is 375. The van der Waals surface area contributed by atoms with E-state index < -0.39 is 9.05 Å². The third-order valence-corrected chi connectivity index (χ3v) is 3.56. The summed E-state index contributed by atoms with van der Waals surface area (Å²) in [4.78, 5) is 0. The van der Waals surface area contributed by atoms with E-state index in [2.05, 4.69) is 15.5 Å².